The maximum atomic E-state index is 14.0. The van der Waals surface area contributed by atoms with Crippen molar-refractivity contribution in [3.8, 4) is 0 Å². The molecule has 1 aliphatic rings. The summed E-state index contributed by atoms with van der Waals surface area (Å²) in [4.78, 5) is 27.7. The zero-order valence-electron chi connectivity index (χ0n) is 16.3. The lowest BCUT2D eigenvalue weighted by Gasteiger charge is -2.40. The van der Waals surface area contributed by atoms with Gasteiger partial charge in [-0.1, -0.05) is 6.07 Å². The van der Waals surface area contributed by atoms with Crippen LogP contribution >= 0.6 is 11.3 Å². The molecule has 0 atom stereocenters. The van der Waals surface area contributed by atoms with Crippen LogP contribution in [0.25, 0.3) is 5.57 Å². The number of ether oxygens (including phenoxy) is 1. The van der Waals surface area contributed by atoms with Crippen molar-refractivity contribution in [3.05, 3.63) is 57.7 Å². The number of nitrogens with zero attached hydrogens (tertiary/aromatic N) is 1. The molecule has 160 valence electrons. The van der Waals surface area contributed by atoms with Gasteiger partial charge >= 0.3 is 6.18 Å². The van der Waals surface area contributed by atoms with Crippen LogP contribution in [0.5, 0.6) is 0 Å². The molecule has 1 aliphatic heterocycles. The number of rotatable bonds is 4. The smallest absolute Gasteiger partial charge is 0.416 e. The number of hydrogen-bond donors (Lipinski definition) is 1. The quantitative estimate of drug-likeness (QED) is 0.688. The number of amides is 2. The molecule has 1 N–H and O–H groups in total. The van der Waals surface area contributed by atoms with Crippen LogP contribution in [0.4, 0.5) is 23.2 Å². The number of thiophene rings is 1. The summed E-state index contributed by atoms with van der Waals surface area (Å²) in [5, 5.41) is 3.95. The minimum Gasteiger partial charge on any atom is -0.477 e. The molecule has 1 aromatic heterocycles. The van der Waals surface area contributed by atoms with Crippen molar-refractivity contribution < 1.29 is 31.9 Å². The van der Waals surface area contributed by atoms with Gasteiger partial charge in [0.05, 0.1) is 16.8 Å². The summed E-state index contributed by atoms with van der Waals surface area (Å²) in [5.41, 5.74) is -2.98. The molecule has 0 saturated carbocycles. The lowest BCUT2D eigenvalue weighted by Crippen LogP contribution is -2.57. The van der Waals surface area contributed by atoms with E-state index in [9.17, 15) is 27.2 Å². The Labute approximate surface area is 173 Å². The van der Waals surface area contributed by atoms with Gasteiger partial charge < -0.3 is 10.1 Å². The number of benzene rings is 1. The molecule has 0 unspecified atom stereocenters. The number of carbonyl (C=O) groups is 2. The predicted octanol–water partition coefficient (Wildman–Crippen LogP) is 4.87. The van der Waals surface area contributed by atoms with E-state index in [1.54, 1.807) is 24.4 Å². The molecule has 0 fully saturated rings. The van der Waals surface area contributed by atoms with Crippen LogP contribution in [0.15, 0.2) is 41.5 Å². The topological polar surface area (TPSA) is 58.6 Å². The molecule has 2 amide bonds. The van der Waals surface area contributed by atoms with Gasteiger partial charge in [0.25, 0.3) is 5.91 Å². The van der Waals surface area contributed by atoms with E-state index in [0.29, 0.717) is 34.4 Å². The maximum Gasteiger partial charge on any atom is 0.416 e. The highest BCUT2D eigenvalue weighted by Crippen LogP contribution is 2.34. The number of allylic oxidation sites excluding steroid dienone is 1. The minimum absolute atomic E-state index is 0.231. The van der Waals surface area contributed by atoms with E-state index < -0.39 is 40.6 Å². The van der Waals surface area contributed by atoms with Crippen LogP contribution in [0, 0.1) is 5.82 Å². The van der Waals surface area contributed by atoms with Crippen LogP contribution in [0.3, 0.4) is 0 Å². The highest BCUT2D eigenvalue weighted by Gasteiger charge is 2.43. The molecule has 0 bridgehead atoms. The normalized spacial score (nSPS) is 15.3. The van der Waals surface area contributed by atoms with Crippen molar-refractivity contribution in [2.24, 2.45) is 0 Å². The summed E-state index contributed by atoms with van der Waals surface area (Å²) in [6.07, 6.45) is -4.70. The van der Waals surface area contributed by atoms with Gasteiger partial charge in [0.2, 0.25) is 5.91 Å². The molecule has 10 heteroatoms. The SMILES string of the molecule is CC1=C(c2cccs2)C(=O)N(C(C)(C)C(=O)Nc2cc(C(F)(F)F)ccc2F)CO1. The fourth-order valence-electron chi connectivity index (χ4n) is 2.89. The molecule has 0 aliphatic carbocycles. The first-order valence-corrected chi connectivity index (χ1v) is 9.68. The molecule has 2 heterocycles. The Morgan fingerprint density at radius 1 is 1.23 bits per heavy atom. The number of nitrogens with one attached hydrogen (secondary N) is 1. The second-order valence-corrected chi connectivity index (χ2v) is 8.07. The van der Waals surface area contributed by atoms with Crippen molar-refractivity contribution in [3.63, 3.8) is 0 Å². The number of hydrogen-bond acceptors (Lipinski definition) is 4. The average molecular weight is 442 g/mol. The van der Waals surface area contributed by atoms with Gasteiger partial charge in [-0.2, -0.15) is 13.2 Å². The molecule has 30 heavy (non-hydrogen) atoms. The average Bonchev–Trinajstić information content (AvgIpc) is 3.16. The lowest BCUT2D eigenvalue weighted by atomic mass is 9.98. The summed E-state index contributed by atoms with van der Waals surface area (Å²) >= 11 is 1.32. The van der Waals surface area contributed by atoms with Crippen molar-refractivity contribution in [2.45, 2.75) is 32.5 Å². The molecule has 3 rings (SSSR count). The lowest BCUT2D eigenvalue weighted by molar-refractivity contribution is -0.147. The Morgan fingerprint density at radius 3 is 2.53 bits per heavy atom. The molecule has 0 saturated heterocycles. The van der Waals surface area contributed by atoms with Gasteiger partial charge in [0.15, 0.2) is 6.73 Å². The Bertz CT molecular complexity index is 1010. The first-order valence-electron chi connectivity index (χ1n) is 8.80. The van der Waals surface area contributed by atoms with Crippen LogP contribution < -0.4 is 5.32 Å². The van der Waals surface area contributed by atoms with E-state index in [2.05, 4.69) is 5.32 Å². The summed E-state index contributed by atoms with van der Waals surface area (Å²) in [7, 11) is 0. The maximum absolute atomic E-state index is 14.0. The van der Waals surface area contributed by atoms with Gasteiger partial charge in [-0.25, -0.2) is 4.39 Å². The molecule has 0 radical (unpaired) electrons. The molecule has 5 nitrogen and oxygen atoms in total. The standard InChI is InChI=1S/C20H18F4N2O3S/c1-11-16(15-5-4-8-30-15)17(27)26(10-29-11)19(2,3)18(28)25-14-9-12(20(22,23)24)6-7-13(14)21/h4-9H,10H2,1-3H3,(H,25,28). The predicted molar refractivity (Wildman–Crippen MR) is 104 cm³/mol. The fourth-order valence-corrected chi connectivity index (χ4v) is 3.70. The Kier molecular flexibility index (Phi) is 5.64. The number of halogens is 4. The summed E-state index contributed by atoms with van der Waals surface area (Å²) in [5.74, 6) is -1.95. The van der Waals surface area contributed by atoms with Gasteiger partial charge in [-0.15, -0.1) is 11.3 Å². The third-order valence-electron chi connectivity index (χ3n) is 4.76. The van der Waals surface area contributed by atoms with E-state index in [0.717, 1.165) is 4.90 Å². The van der Waals surface area contributed by atoms with Crippen molar-refractivity contribution in [1.29, 1.82) is 0 Å². The first-order chi connectivity index (χ1) is 13.9. The van der Waals surface area contributed by atoms with Gasteiger partial charge in [0, 0.05) is 4.88 Å². The Hall–Kier alpha value is -2.88. The second kappa shape index (κ2) is 7.75. The van der Waals surface area contributed by atoms with Crippen LogP contribution in [0.2, 0.25) is 0 Å². The van der Waals surface area contributed by atoms with Gasteiger partial charge in [0.1, 0.15) is 17.1 Å². The number of alkyl halides is 3. The van der Waals surface area contributed by atoms with Gasteiger partial charge in [-0.05, 0) is 50.4 Å². The van der Waals surface area contributed by atoms with Crippen molar-refractivity contribution in [1.82, 2.24) is 4.90 Å². The summed E-state index contributed by atoms with van der Waals surface area (Å²) in [6, 6.07) is 5.22. The molecular weight excluding hydrogens is 424 g/mol. The van der Waals surface area contributed by atoms with E-state index in [1.807, 2.05) is 0 Å². The summed E-state index contributed by atoms with van der Waals surface area (Å²) < 4.78 is 58.3. The first kappa shape index (κ1) is 21.8. The largest absolute Gasteiger partial charge is 0.477 e. The summed E-state index contributed by atoms with van der Waals surface area (Å²) in [6.45, 7) is 4.21. The highest BCUT2D eigenvalue weighted by molar-refractivity contribution is 7.11. The van der Waals surface area contributed by atoms with E-state index in [1.165, 1.54) is 25.2 Å². The molecular formula is C20H18F4N2O3S. The third kappa shape index (κ3) is 4.04. The van der Waals surface area contributed by atoms with Crippen molar-refractivity contribution in [2.75, 3.05) is 12.0 Å². The number of anilines is 1. The monoisotopic (exact) mass is 442 g/mol. The third-order valence-corrected chi connectivity index (χ3v) is 5.65. The van der Waals surface area contributed by atoms with Crippen LogP contribution in [0.1, 0.15) is 31.2 Å². The van der Waals surface area contributed by atoms with E-state index in [4.69, 9.17) is 4.74 Å². The molecule has 2 aromatic rings. The van der Waals surface area contributed by atoms with E-state index >= 15 is 0 Å². The Morgan fingerprint density at radius 2 is 1.93 bits per heavy atom. The Balaban J connectivity index is 1.87. The zero-order chi connectivity index (χ0) is 22.3. The van der Waals surface area contributed by atoms with E-state index in [-0.39, 0.29) is 6.73 Å². The second-order valence-electron chi connectivity index (χ2n) is 7.12. The molecule has 1 aromatic carbocycles. The molecule has 0 spiro atoms. The van der Waals surface area contributed by atoms with Gasteiger partial charge in [-0.3, -0.25) is 14.5 Å². The van der Waals surface area contributed by atoms with Crippen molar-refractivity contribution >= 4 is 34.4 Å². The highest BCUT2D eigenvalue weighted by atomic mass is 32.1. The zero-order valence-corrected chi connectivity index (χ0v) is 17.1. The fraction of sp³-hybridized carbons (Fsp3) is 0.300. The van der Waals surface area contributed by atoms with Crippen LogP contribution in [-0.2, 0) is 20.5 Å². The minimum atomic E-state index is -4.70. The van der Waals surface area contributed by atoms with Crippen LogP contribution in [-0.4, -0.2) is 29.0 Å². The number of carbonyl (C=O) groups excluding carboxylic acids is 2.